The minimum absolute atomic E-state index is 0.102. The van der Waals surface area contributed by atoms with Gasteiger partial charge in [0.2, 0.25) is 5.91 Å². The van der Waals surface area contributed by atoms with Crippen LogP contribution < -0.4 is 0 Å². The first-order valence-electron chi connectivity index (χ1n) is 8.27. The van der Waals surface area contributed by atoms with E-state index in [9.17, 15) is 4.79 Å². The molecule has 2 heteroatoms. The van der Waals surface area contributed by atoms with Gasteiger partial charge in [0.1, 0.15) is 0 Å². The molecule has 1 aromatic rings. The van der Waals surface area contributed by atoms with E-state index in [1.807, 2.05) is 13.8 Å². The maximum Gasteiger partial charge on any atom is 0.225 e. The molecule has 1 heterocycles. The minimum Gasteiger partial charge on any atom is -0.342 e. The highest BCUT2D eigenvalue weighted by atomic mass is 16.2. The second-order valence-electron chi connectivity index (χ2n) is 7.20. The van der Waals surface area contributed by atoms with Crippen molar-refractivity contribution in [2.45, 2.75) is 47.0 Å². The predicted octanol–water partition coefficient (Wildman–Crippen LogP) is 4.15. The maximum atomic E-state index is 12.4. The van der Waals surface area contributed by atoms with Crippen molar-refractivity contribution in [2.75, 3.05) is 13.1 Å². The number of piperidine rings is 1. The molecule has 1 fully saturated rings. The molecule has 1 atom stereocenters. The number of carbonyl (C=O) groups is 1. The van der Waals surface area contributed by atoms with Crippen LogP contribution in [0.3, 0.4) is 0 Å². The lowest BCUT2D eigenvalue weighted by molar-refractivity contribution is -0.139. The molecule has 116 valence electrons. The van der Waals surface area contributed by atoms with Crippen LogP contribution >= 0.6 is 0 Å². The summed E-state index contributed by atoms with van der Waals surface area (Å²) in [6, 6.07) is 10.7. The molecule has 0 aromatic heterocycles. The van der Waals surface area contributed by atoms with Gasteiger partial charge in [-0.3, -0.25) is 4.79 Å². The fourth-order valence-corrected chi connectivity index (χ4v) is 3.54. The van der Waals surface area contributed by atoms with Crippen LogP contribution in [0.25, 0.3) is 0 Å². The summed E-state index contributed by atoms with van der Waals surface area (Å²) in [5, 5.41) is 0. The van der Waals surface area contributed by atoms with Crippen molar-refractivity contribution in [3.63, 3.8) is 0 Å². The summed E-state index contributed by atoms with van der Waals surface area (Å²) in [4.78, 5) is 14.5. The van der Waals surface area contributed by atoms with Crippen LogP contribution in [0.15, 0.2) is 30.3 Å². The number of benzene rings is 1. The van der Waals surface area contributed by atoms with Gasteiger partial charge in [-0.15, -0.1) is 0 Å². The van der Waals surface area contributed by atoms with Gasteiger partial charge in [-0.1, -0.05) is 58.0 Å². The quantitative estimate of drug-likeness (QED) is 0.814. The van der Waals surface area contributed by atoms with Gasteiger partial charge < -0.3 is 4.90 Å². The third-order valence-electron chi connectivity index (χ3n) is 5.04. The van der Waals surface area contributed by atoms with Crippen molar-refractivity contribution in [1.29, 1.82) is 0 Å². The second kappa shape index (κ2) is 6.64. The highest BCUT2D eigenvalue weighted by Crippen LogP contribution is 2.40. The largest absolute Gasteiger partial charge is 0.342 e. The number of nitrogens with zero attached hydrogens (tertiary/aromatic N) is 1. The molecule has 0 aliphatic carbocycles. The molecule has 2 nitrogen and oxygen atoms in total. The molecule has 0 spiro atoms. The number of likely N-dealkylation sites (tertiary alicyclic amines) is 1. The van der Waals surface area contributed by atoms with Gasteiger partial charge in [-0.25, -0.2) is 0 Å². The van der Waals surface area contributed by atoms with Crippen molar-refractivity contribution in [1.82, 2.24) is 4.90 Å². The molecule has 0 radical (unpaired) electrons. The standard InChI is InChI=1S/C19H29NO/c1-15(2)18(21)20-12-8-11-19(14-20,16(3)4)13-17-9-6-5-7-10-17/h5-7,9-10,15-16H,8,11-14H2,1-4H3/t19-/m0/s1. The van der Waals surface area contributed by atoms with Gasteiger partial charge in [0.25, 0.3) is 0 Å². The Balaban J connectivity index is 2.19. The van der Waals surface area contributed by atoms with Gasteiger partial charge in [0, 0.05) is 19.0 Å². The van der Waals surface area contributed by atoms with E-state index in [2.05, 4.69) is 49.1 Å². The number of hydrogen-bond acceptors (Lipinski definition) is 1. The summed E-state index contributed by atoms with van der Waals surface area (Å²) < 4.78 is 0. The van der Waals surface area contributed by atoms with E-state index in [4.69, 9.17) is 0 Å². The normalized spacial score (nSPS) is 22.9. The highest BCUT2D eigenvalue weighted by molar-refractivity contribution is 5.78. The zero-order valence-corrected chi connectivity index (χ0v) is 13.9. The molecule has 2 rings (SSSR count). The minimum atomic E-state index is 0.102. The summed E-state index contributed by atoms with van der Waals surface area (Å²) >= 11 is 0. The monoisotopic (exact) mass is 287 g/mol. The summed E-state index contributed by atoms with van der Waals surface area (Å²) in [6.07, 6.45) is 3.43. The zero-order chi connectivity index (χ0) is 15.5. The molecule has 1 saturated heterocycles. The molecule has 0 saturated carbocycles. The number of rotatable bonds is 4. The lowest BCUT2D eigenvalue weighted by atomic mass is 9.67. The van der Waals surface area contributed by atoms with Crippen LogP contribution in [0.2, 0.25) is 0 Å². The molecule has 1 amide bonds. The van der Waals surface area contributed by atoms with Crippen molar-refractivity contribution >= 4 is 5.91 Å². The molecule has 0 bridgehead atoms. The van der Waals surface area contributed by atoms with Crippen molar-refractivity contribution in [3.05, 3.63) is 35.9 Å². The SMILES string of the molecule is CC(C)C(=O)N1CCC[C@@](Cc2ccccc2)(C(C)C)C1. The predicted molar refractivity (Wildman–Crippen MR) is 88.1 cm³/mol. The zero-order valence-electron chi connectivity index (χ0n) is 13.9. The molecular formula is C19H29NO. The van der Waals surface area contributed by atoms with Gasteiger partial charge in [0.05, 0.1) is 0 Å². The third kappa shape index (κ3) is 3.66. The fourth-order valence-electron chi connectivity index (χ4n) is 3.54. The second-order valence-corrected chi connectivity index (χ2v) is 7.20. The van der Waals surface area contributed by atoms with E-state index in [-0.39, 0.29) is 11.3 Å². The first-order valence-corrected chi connectivity index (χ1v) is 8.27. The molecule has 1 aromatic carbocycles. The highest BCUT2D eigenvalue weighted by Gasteiger charge is 2.39. The lowest BCUT2D eigenvalue weighted by Gasteiger charge is -2.46. The Kier molecular flexibility index (Phi) is 5.08. The summed E-state index contributed by atoms with van der Waals surface area (Å²) in [7, 11) is 0. The smallest absolute Gasteiger partial charge is 0.225 e. The fraction of sp³-hybridized carbons (Fsp3) is 0.632. The molecule has 21 heavy (non-hydrogen) atoms. The topological polar surface area (TPSA) is 20.3 Å². The molecule has 1 aliphatic rings. The van der Waals surface area contributed by atoms with E-state index >= 15 is 0 Å². The molecule has 0 N–H and O–H groups in total. The first kappa shape index (κ1) is 16.1. The number of hydrogen-bond donors (Lipinski definition) is 0. The Hall–Kier alpha value is -1.31. The summed E-state index contributed by atoms with van der Waals surface area (Å²) in [6.45, 7) is 10.5. The van der Waals surface area contributed by atoms with Crippen LogP contribution in [0.5, 0.6) is 0 Å². The summed E-state index contributed by atoms with van der Waals surface area (Å²) in [5.74, 6) is 0.998. The molecule has 1 aliphatic heterocycles. The Morgan fingerprint density at radius 3 is 2.43 bits per heavy atom. The first-order chi connectivity index (χ1) is 9.94. The molecular weight excluding hydrogens is 258 g/mol. The van der Waals surface area contributed by atoms with Crippen LogP contribution in [-0.4, -0.2) is 23.9 Å². The van der Waals surface area contributed by atoms with E-state index in [1.165, 1.54) is 12.0 Å². The van der Waals surface area contributed by atoms with Gasteiger partial charge in [-0.2, -0.15) is 0 Å². The van der Waals surface area contributed by atoms with E-state index in [1.54, 1.807) is 0 Å². The van der Waals surface area contributed by atoms with Crippen LogP contribution in [-0.2, 0) is 11.2 Å². The van der Waals surface area contributed by atoms with Crippen LogP contribution in [0.1, 0.15) is 46.1 Å². The van der Waals surface area contributed by atoms with Crippen molar-refractivity contribution in [2.24, 2.45) is 17.3 Å². The maximum absolute atomic E-state index is 12.4. The third-order valence-corrected chi connectivity index (χ3v) is 5.04. The van der Waals surface area contributed by atoms with Crippen LogP contribution in [0.4, 0.5) is 0 Å². The van der Waals surface area contributed by atoms with Gasteiger partial charge in [0.15, 0.2) is 0 Å². The van der Waals surface area contributed by atoms with Gasteiger partial charge >= 0.3 is 0 Å². The average molecular weight is 287 g/mol. The van der Waals surface area contributed by atoms with E-state index < -0.39 is 0 Å². The summed E-state index contributed by atoms with van der Waals surface area (Å²) in [5.41, 5.74) is 1.62. The average Bonchev–Trinajstić information content (AvgIpc) is 2.47. The van der Waals surface area contributed by atoms with E-state index in [0.29, 0.717) is 11.8 Å². The lowest BCUT2D eigenvalue weighted by Crippen LogP contribution is -2.50. The van der Waals surface area contributed by atoms with E-state index in [0.717, 1.165) is 25.9 Å². The Labute approximate surface area is 129 Å². The van der Waals surface area contributed by atoms with Gasteiger partial charge in [-0.05, 0) is 36.2 Å². The van der Waals surface area contributed by atoms with Crippen LogP contribution in [0, 0.1) is 17.3 Å². The Morgan fingerprint density at radius 2 is 1.86 bits per heavy atom. The number of carbonyl (C=O) groups excluding carboxylic acids is 1. The number of amides is 1. The van der Waals surface area contributed by atoms with Crippen molar-refractivity contribution in [3.8, 4) is 0 Å². The Morgan fingerprint density at radius 1 is 1.19 bits per heavy atom. The Bertz CT molecular complexity index is 466. The molecule has 0 unspecified atom stereocenters. The van der Waals surface area contributed by atoms with Crippen molar-refractivity contribution < 1.29 is 4.79 Å².